The van der Waals surface area contributed by atoms with Crippen LogP contribution in [-0.4, -0.2) is 4.40 Å². The fraction of sp³-hybridized carbons (Fsp3) is 0.267. The first-order valence-corrected chi connectivity index (χ1v) is 6.10. The number of fused-ring (bicyclic) bond motifs is 3. The van der Waals surface area contributed by atoms with E-state index < -0.39 is 0 Å². The van der Waals surface area contributed by atoms with Gasteiger partial charge >= 0.3 is 0 Å². The second-order valence-electron chi connectivity index (χ2n) is 4.62. The average molecular weight is 225 g/mol. The van der Waals surface area contributed by atoms with Crippen molar-refractivity contribution in [3.8, 4) is 0 Å². The van der Waals surface area contributed by atoms with E-state index in [4.69, 9.17) is 0 Å². The molecule has 0 saturated carbocycles. The summed E-state index contributed by atoms with van der Waals surface area (Å²) < 4.78 is 4.51. The molecule has 0 N–H and O–H groups in total. The summed E-state index contributed by atoms with van der Waals surface area (Å²) >= 11 is 0. The normalized spacial score (nSPS) is 11.5. The van der Waals surface area contributed by atoms with Crippen LogP contribution in [0.15, 0.2) is 36.7 Å². The zero-order chi connectivity index (χ0) is 12.0. The van der Waals surface area contributed by atoms with Crippen molar-refractivity contribution in [3.05, 3.63) is 48.0 Å². The molecule has 0 amide bonds. The number of hydrogen-bond donors (Lipinski definition) is 0. The summed E-state index contributed by atoms with van der Waals surface area (Å²) in [5.41, 5.74) is 2.64. The van der Waals surface area contributed by atoms with Gasteiger partial charge in [-0.05, 0) is 30.0 Å². The topological polar surface area (TPSA) is 8.29 Å². The molecular weight excluding hydrogens is 208 g/mol. The molecule has 0 fully saturated rings. The van der Waals surface area contributed by atoms with Crippen molar-refractivity contribution in [1.29, 1.82) is 0 Å². The number of aryl methyl sites for hydroxylation is 3. The summed E-state index contributed by atoms with van der Waals surface area (Å²) in [6, 6.07) is 8.73. The second-order valence-corrected chi connectivity index (χ2v) is 4.62. The van der Waals surface area contributed by atoms with E-state index in [9.17, 15) is 0 Å². The van der Waals surface area contributed by atoms with Gasteiger partial charge in [-0.25, -0.2) is 4.57 Å². The molecule has 0 atom stereocenters. The van der Waals surface area contributed by atoms with E-state index in [1.165, 1.54) is 27.7 Å². The van der Waals surface area contributed by atoms with Crippen molar-refractivity contribution in [3.63, 3.8) is 0 Å². The molecule has 2 aromatic heterocycles. The first-order chi connectivity index (χ1) is 8.22. The van der Waals surface area contributed by atoms with E-state index >= 15 is 0 Å². The fourth-order valence-corrected chi connectivity index (χ4v) is 2.69. The molecule has 0 spiro atoms. The Morgan fingerprint density at radius 3 is 2.76 bits per heavy atom. The predicted octanol–water partition coefficient (Wildman–Crippen LogP) is 2.79. The maximum atomic E-state index is 2.29. The van der Waals surface area contributed by atoms with Crippen LogP contribution in [0, 0.1) is 6.92 Å². The van der Waals surface area contributed by atoms with Crippen LogP contribution in [0.1, 0.15) is 18.3 Å². The molecule has 2 heterocycles. The van der Waals surface area contributed by atoms with Gasteiger partial charge in [0.1, 0.15) is 6.20 Å². The smallest absolute Gasteiger partial charge is 0.236 e. The SMILES string of the molecule is CCc1n2ccc3c(C)cccc3c2c[n+]1C. The van der Waals surface area contributed by atoms with Gasteiger partial charge in [0, 0.05) is 11.8 Å². The van der Waals surface area contributed by atoms with Gasteiger partial charge in [0.25, 0.3) is 5.82 Å². The van der Waals surface area contributed by atoms with Crippen LogP contribution in [0.5, 0.6) is 0 Å². The first kappa shape index (κ1) is 10.3. The maximum Gasteiger partial charge on any atom is 0.261 e. The quantitative estimate of drug-likeness (QED) is 0.563. The van der Waals surface area contributed by atoms with Crippen molar-refractivity contribution in [2.24, 2.45) is 7.05 Å². The molecule has 86 valence electrons. The summed E-state index contributed by atoms with van der Waals surface area (Å²) in [6.45, 7) is 4.37. The molecule has 3 aromatic rings. The molecule has 0 aliphatic rings. The number of benzene rings is 1. The highest BCUT2D eigenvalue weighted by molar-refractivity contribution is 5.97. The lowest BCUT2D eigenvalue weighted by atomic mass is 10.1. The van der Waals surface area contributed by atoms with Gasteiger partial charge in [-0.3, -0.25) is 0 Å². The zero-order valence-corrected chi connectivity index (χ0v) is 10.6. The van der Waals surface area contributed by atoms with Gasteiger partial charge in [-0.1, -0.05) is 19.1 Å². The molecule has 2 heteroatoms. The van der Waals surface area contributed by atoms with Gasteiger partial charge in [0.15, 0.2) is 5.52 Å². The van der Waals surface area contributed by atoms with E-state index in [-0.39, 0.29) is 0 Å². The highest BCUT2D eigenvalue weighted by Gasteiger charge is 2.15. The Hall–Kier alpha value is -1.83. The summed E-state index contributed by atoms with van der Waals surface area (Å²) in [7, 11) is 2.12. The van der Waals surface area contributed by atoms with Crippen molar-refractivity contribution in [2.75, 3.05) is 0 Å². The van der Waals surface area contributed by atoms with Gasteiger partial charge < -0.3 is 0 Å². The number of aromatic nitrogens is 2. The Bertz CT molecular complexity index is 708. The molecule has 0 saturated heterocycles. The van der Waals surface area contributed by atoms with Crippen LogP contribution in [-0.2, 0) is 13.5 Å². The van der Waals surface area contributed by atoms with E-state index in [0.29, 0.717) is 0 Å². The van der Waals surface area contributed by atoms with Crippen LogP contribution in [0.2, 0.25) is 0 Å². The summed E-state index contributed by atoms with van der Waals surface area (Å²) in [5.74, 6) is 1.34. The minimum atomic E-state index is 1.04. The lowest BCUT2D eigenvalue weighted by Gasteiger charge is -2.01. The van der Waals surface area contributed by atoms with Crippen LogP contribution in [0.4, 0.5) is 0 Å². The third-order valence-corrected chi connectivity index (χ3v) is 3.57. The Balaban J connectivity index is 2.53. The molecule has 17 heavy (non-hydrogen) atoms. The largest absolute Gasteiger partial charge is 0.261 e. The minimum Gasteiger partial charge on any atom is -0.236 e. The third kappa shape index (κ3) is 1.37. The fourth-order valence-electron chi connectivity index (χ4n) is 2.69. The first-order valence-electron chi connectivity index (χ1n) is 6.10. The molecule has 0 unspecified atom stereocenters. The standard InChI is InChI=1S/C15H17N2/c1-4-15-16(3)10-14-13-7-5-6-11(2)12(13)8-9-17(14)15/h5-10H,4H2,1-3H3/q+1. The second kappa shape index (κ2) is 3.59. The van der Waals surface area contributed by atoms with E-state index in [1.54, 1.807) is 0 Å². The van der Waals surface area contributed by atoms with Crippen molar-refractivity contribution in [1.82, 2.24) is 4.40 Å². The minimum absolute atomic E-state index is 1.04. The summed E-state index contributed by atoms with van der Waals surface area (Å²) in [5, 5.41) is 2.68. The van der Waals surface area contributed by atoms with E-state index in [2.05, 4.69) is 66.5 Å². The zero-order valence-electron chi connectivity index (χ0n) is 10.6. The lowest BCUT2D eigenvalue weighted by molar-refractivity contribution is -0.677. The maximum absolute atomic E-state index is 2.29. The van der Waals surface area contributed by atoms with Gasteiger partial charge in [-0.15, -0.1) is 0 Å². The molecule has 3 rings (SSSR count). The predicted molar refractivity (Wildman–Crippen MR) is 70.2 cm³/mol. The van der Waals surface area contributed by atoms with Gasteiger partial charge in [0.05, 0.1) is 13.2 Å². The molecule has 0 aliphatic heterocycles. The molecule has 2 nitrogen and oxygen atoms in total. The van der Waals surface area contributed by atoms with Crippen LogP contribution in [0.25, 0.3) is 16.3 Å². The average Bonchev–Trinajstić information content (AvgIpc) is 2.65. The van der Waals surface area contributed by atoms with Crippen LogP contribution < -0.4 is 4.57 Å². The van der Waals surface area contributed by atoms with Crippen molar-refractivity contribution >= 4 is 16.3 Å². The van der Waals surface area contributed by atoms with Crippen molar-refractivity contribution in [2.45, 2.75) is 20.3 Å². The van der Waals surface area contributed by atoms with E-state index in [1.807, 2.05) is 0 Å². The Kier molecular flexibility index (Phi) is 2.18. The molecule has 0 bridgehead atoms. The van der Waals surface area contributed by atoms with Crippen LogP contribution in [0.3, 0.4) is 0 Å². The van der Waals surface area contributed by atoms with Crippen LogP contribution >= 0.6 is 0 Å². The molecule has 1 aromatic carbocycles. The Labute approximate surface area is 101 Å². The number of imidazole rings is 1. The summed E-state index contributed by atoms with van der Waals surface area (Å²) in [4.78, 5) is 0. The number of rotatable bonds is 1. The Morgan fingerprint density at radius 2 is 2.00 bits per heavy atom. The Morgan fingerprint density at radius 1 is 1.18 bits per heavy atom. The van der Waals surface area contributed by atoms with E-state index in [0.717, 1.165) is 6.42 Å². The highest BCUT2D eigenvalue weighted by Crippen LogP contribution is 2.23. The monoisotopic (exact) mass is 225 g/mol. The van der Waals surface area contributed by atoms with Gasteiger partial charge in [-0.2, -0.15) is 4.40 Å². The number of nitrogens with zero attached hydrogens (tertiary/aromatic N) is 2. The number of pyridine rings is 1. The highest BCUT2D eigenvalue weighted by atomic mass is 15.1. The third-order valence-electron chi connectivity index (χ3n) is 3.57. The lowest BCUT2D eigenvalue weighted by Crippen LogP contribution is -2.30. The molecule has 0 aliphatic carbocycles. The van der Waals surface area contributed by atoms with Crippen molar-refractivity contribution < 1.29 is 4.57 Å². The molecular formula is C15H17N2+. The molecule has 0 radical (unpaired) electrons. The summed E-state index contributed by atoms with van der Waals surface area (Å²) in [6.07, 6.45) is 5.45. The van der Waals surface area contributed by atoms with Gasteiger partial charge in [0.2, 0.25) is 0 Å². The number of hydrogen-bond acceptors (Lipinski definition) is 0.